The molecule has 2 aromatic rings. The maximum atomic E-state index is 11.6. The molecule has 0 spiro atoms. The number of amides is 1. The molecule has 0 aromatic heterocycles. The van der Waals surface area contributed by atoms with E-state index in [0.717, 1.165) is 42.6 Å². The van der Waals surface area contributed by atoms with Gasteiger partial charge in [0.05, 0.1) is 6.54 Å². The Bertz CT molecular complexity index is 923. The van der Waals surface area contributed by atoms with Crippen molar-refractivity contribution >= 4 is 29.2 Å². The number of rotatable bonds is 6. The molecule has 0 unspecified atom stereocenters. The predicted molar refractivity (Wildman–Crippen MR) is 122 cm³/mol. The zero-order valence-corrected chi connectivity index (χ0v) is 18.0. The third-order valence-corrected chi connectivity index (χ3v) is 6.14. The molecule has 0 bridgehead atoms. The van der Waals surface area contributed by atoms with E-state index in [1.165, 1.54) is 11.1 Å². The third kappa shape index (κ3) is 4.87. The fourth-order valence-electron chi connectivity index (χ4n) is 3.88. The van der Waals surface area contributed by atoms with Crippen LogP contribution in [0.15, 0.2) is 53.5 Å². The lowest BCUT2D eigenvalue weighted by Crippen LogP contribution is -2.47. The SMILES string of the molecule is CN=C(NCc1ccc(N2CCNC(=O)C2)cc1)NCC1(c2cccc(Cl)c2)CC1. The second-order valence-electron chi connectivity index (χ2n) is 8.01. The number of anilines is 1. The Balaban J connectivity index is 1.29. The predicted octanol–water partition coefficient (Wildman–Crippen LogP) is 2.67. The van der Waals surface area contributed by atoms with Crippen LogP contribution in [0.1, 0.15) is 24.0 Å². The largest absolute Gasteiger partial charge is 0.360 e. The number of hydrogen-bond donors (Lipinski definition) is 3. The van der Waals surface area contributed by atoms with Crippen LogP contribution in [0.4, 0.5) is 5.69 Å². The smallest absolute Gasteiger partial charge is 0.239 e. The minimum atomic E-state index is 0.0769. The van der Waals surface area contributed by atoms with Gasteiger partial charge in [0.2, 0.25) is 5.91 Å². The van der Waals surface area contributed by atoms with Gasteiger partial charge in [0.15, 0.2) is 5.96 Å². The number of benzene rings is 2. The highest BCUT2D eigenvalue weighted by molar-refractivity contribution is 6.30. The minimum Gasteiger partial charge on any atom is -0.360 e. The van der Waals surface area contributed by atoms with Crippen LogP contribution in [0.25, 0.3) is 0 Å². The lowest BCUT2D eigenvalue weighted by Gasteiger charge is -2.28. The van der Waals surface area contributed by atoms with Gasteiger partial charge < -0.3 is 20.9 Å². The van der Waals surface area contributed by atoms with Crippen molar-refractivity contribution < 1.29 is 4.79 Å². The highest BCUT2D eigenvalue weighted by Gasteiger charge is 2.44. The molecular weight excluding hydrogens is 398 g/mol. The molecule has 2 fully saturated rings. The quantitative estimate of drug-likeness (QED) is 0.491. The van der Waals surface area contributed by atoms with Crippen LogP contribution in [0.5, 0.6) is 0 Å². The second-order valence-corrected chi connectivity index (χ2v) is 8.44. The van der Waals surface area contributed by atoms with Crippen molar-refractivity contribution in [1.29, 1.82) is 0 Å². The van der Waals surface area contributed by atoms with Gasteiger partial charge in [0.1, 0.15) is 0 Å². The van der Waals surface area contributed by atoms with Gasteiger partial charge in [-0.15, -0.1) is 0 Å². The van der Waals surface area contributed by atoms with Crippen LogP contribution in [0, 0.1) is 0 Å². The van der Waals surface area contributed by atoms with E-state index in [2.05, 4.69) is 62.2 Å². The number of carbonyl (C=O) groups excluding carboxylic acids is 1. The van der Waals surface area contributed by atoms with Gasteiger partial charge in [-0.25, -0.2) is 0 Å². The molecule has 1 saturated heterocycles. The molecule has 4 rings (SSSR count). The highest BCUT2D eigenvalue weighted by atomic mass is 35.5. The molecule has 30 heavy (non-hydrogen) atoms. The molecule has 1 aliphatic carbocycles. The van der Waals surface area contributed by atoms with Crippen LogP contribution in [0.2, 0.25) is 5.02 Å². The number of piperazine rings is 1. The van der Waals surface area contributed by atoms with Crippen LogP contribution >= 0.6 is 11.6 Å². The first-order valence-corrected chi connectivity index (χ1v) is 10.8. The highest BCUT2D eigenvalue weighted by Crippen LogP contribution is 2.48. The lowest BCUT2D eigenvalue weighted by atomic mass is 9.96. The minimum absolute atomic E-state index is 0.0769. The van der Waals surface area contributed by atoms with Crippen LogP contribution in [0.3, 0.4) is 0 Å². The summed E-state index contributed by atoms with van der Waals surface area (Å²) in [6.45, 7) is 3.48. The first-order chi connectivity index (χ1) is 14.6. The first-order valence-electron chi connectivity index (χ1n) is 10.4. The van der Waals surface area contributed by atoms with Gasteiger partial charge in [-0.05, 0) is 48.2 Å². The number of aliphatic imine (C=N–C) groups is 1. The molecule has 1 aliphatic heterocycles. The number of nitrogens with one attached hydrogen (secondary N) is 3. The number of hydrogen-bond acceptors (Lipinski definition) is 3. The number of guanidine groups is 1. The van der Waals surface area contributed by atoms with E-state index in [-0.39, 0.29) is 11.3 Å². The Morgan fingerprint density at radius 2 is 2.00 bits per heavy atom. The second kappa shape index (κ2) is 8.96. The molecule has 0 radical (unpaired) electrons. The summed E-state index contributed by atoms with van der Waals surface area (Å²) in [5.74, 6) is 0.869. The molecule has 6 nitrogen and oxygen atoms in total. The van der Waals surface area contributed by atoms with Crippen molar-refractivity contribution in [2.75, 3.05) is 38.1 Å². The summed E-state index contributed by atoms with van der Waals surface area (Å²) < 4.78 is 0. The van der Waals surface area contributed by atoms with Crippen molar-refractivity contribution in [2.45, 2.75) is 24.8 Å². The molecule has 3 N–H and O–H groups in total. The third-order valence-electron chi connectivity index (χ3n) is 5.91. The van der Waals surface area contributed by atoms with Gasteiger partial charge >= 0.3 is 0 Å². The van der Waals surface area contributed by atoms with E-state index in [4.69, 9.17) is 11.6 Å². The van der Waals surface area contributed by atoms with Gasteiger partial charge in [0, 0.05) is 49.4 Å². The van der Waals surface area contributed by atoms with Crippen molar-refractivity contribution in [2.24, 2.45) is 4.99 Å². The van der Waals surface area contributed by atoms with Gasteiger partial charge in [-0.3, -0.25) is 9.79 Å². The van der Waals surface area contributed by atoms with Crippen molar-refractivity contribution in [3.8, 4) is 0 Å². The number of halogens is 1. The maximum Gasteiger partial charge on any atom is 0.239 e. The number of nitrogens with zero attached hydrogens (tertiary/aromatic N) is 2. The molecule has 158 valence electrons. The Morgan fingerprint density at radius 1 is 1.20 bits per heavy atom. The lowest BCUT2D eigenvalue weighted by molar-refractivity contribution is -0.120. The van der Waals surface area contributed by atoms with Crippen LogP contribution in [-0.4, -0.2) is 45.1 Å². The summed E-state index contributed by atoms with van der Waals surface area (Å²) in [7, 11) is 1.79. The first kappa shape index (κ1) is 20.5. The Labute approximate surface area is 182 Å². The summed E-state index contributed by atoms with van der Waals surface area (Å²) in [5.41, 5.74) is 3.69. The average molecular weight is 426 g/mol. The average Bonchev–Trinajstić information content (AvgIpc) is 3.55. The van der Waals surface area contributed by atoms with Crippen molar-refractivity contribution in [3.05, 3.63) is 64.7 Å². The van der Waals surface area contributed by atoms with Crippen molar-refractivity contribution in [3.63, 3.8) is 0 Å². The Morgan fingerprint density at radius 3 is 2.67 bits per heavy atom. The molecule has 1 saturated carbocycles. The summed E-state index contributed by atoms with van der Waals surface area (Å²) in [4.78, 5) is 18.0. The summed E-state index contributed by atoms with van der Waals surface area (Å²) in [6.07, 6.45) is 2.32. The molecule has 1 heterocycles. The topological polar surface area (TPSA) is 68.8 Å². The normalized spacial score (nSPS) is 18.0. The van der Waals surface area contributed by atoms with Gasteiger partial charge in [-0.2, -0.15) is 0 Å². The molecule has 2 aliphatic rings. The van der Waals surface area contributed by atoms with E-state index >= 15 is 0 Å². The Hall–Kier alpha value is -2.73. The van der Waals surface area contributed by atoms with E-state index in [1.54, 1.807) is 7.05 Å². The number of carbonyl (C=O) groups is 1. The zero-order chi connectivity index (χ0) is 21.0. The van der Waals surface area contributed by atoms with Crippen molar-refractivity contribution in [1.82, 2.24) is 16.0 Å². The van der Waals surface area contributed by atoms with E-state index < -0.39 is 0 Å². The maximum absolute atomic E-state index is 11.6. The fraction of sp³-hybridized carbons (Fsp3) is 0.391. The Kier molecular flexibility index (Phi) is 6.13. The summed E-state index contributed by atoms with van der Waals surface area (Å²) >= 11 is 6.17. The molecular formula is C23H28ClN5O. The van der Waals surface area contributed by atoms with E-state index in [9.17, 15) is 4.79 Å². The van der Waals surface area contributed by atoms with E-state index in [0.29, 0.717) is 19.6 Å². The molecule has 1 amide bonds. The molecule has 2 aromatic carbocycles. The monoisotopic (exact) mass is 425 g/mol. The summed E-state index contributed by atoms with van der Waals surface area (Å²) in [5, 5.41) is 10.5. The van der Waals surface area contributed by atoms with Gasteiger partial charge in [0.25, 0.3) is 0 Å². The standard InChI is InChI=1S/C23H28ClN5O/c1-25-22(28-16-23(9-10-23)18-3-2-4-19(24)13-18)27-14-17-5-7-20(8-6-17)29-12-11-26-21(30)15-29/h2-8,13H,9-12,14-16H2,1H3,(H,26,30)(H2,25,27,28). The molecule has 0 atom stereocenters. The fourth-order valence-corrected chi connectivity index (χ4v) is 4.07. The van der Waals surface area contributed by atoms with Crippen LogP contribution in [-0.2, 0) is 16.8 Å². The van der Waals surface area contributed by atoms with Gasteiger partial charge in [-0.1, -0.05) is 35.9 Å². The molecule has 7 heteroatoms. The van der Waals surface area contributed by atoms with Crippen LogP contribution < -0.4 is 20.9 Å². The zero-order valence-electron chi connectivity index (χ0n) is 17.2. The summed E-state index contributed by atoms with van der Waals surface area (Å²) in [6, 6.07) is 16.5. The van der Waals surface area contributed by atoms with E-state index in [1.807, 2.05) is 12.1 Å².